The predicted molar refractivity (Wildman–Crippen MR) is 101 cm³/mol. The Morgan fingerprint density at radius 1 is 1.08 bits per heavy atom. The van der Waals surface area contributed by atoms with Crippen LogP contribution in [0, 0.1) is 13.8 Å². The first-order valence-electron chi connectivity index (χ1n) is 8.69. The van der Waals surface area contributed by atoms with Crippen molar-refractivity contribution in [3.63, 3.8) is 0 Å². The van der Waals surface area contributed by atoms with Crippen LogP contribution in [0.15, 0.2) is 48.5 Å². The van der Waals surface area contributed by atoms with Gasteiger partial charge in [-0.05, 0) is 49.3 Å². The molecule has 0 saturated heterocycles. The summed E-state index contributed by atoms with van der Waals surface area (Å²) >= 11 is 0. The maximum atomic E-state index is 12.4. The van der Waals surface area contributed by atoms with E-state index in [9.17, 15) is 4.79 Å². The number of hydrogen-bond acceptors (Lipinski definition) is 1. The summed E-state index contributed by atoms with van der Waals surface area (Å²) in [6.45, 7) is 10.7. The van der Waals surface area contributed by atoms with Crippen LogP contribution in [0.5, 0.6) is 0 Å². The third kappa shape index (κ3) is 4.95. The standard InChI is InChI=1S/C22H29NO/c1-16-11-12-19(17(2)13-16)14-21(24)23-18(3)15-22(4,5)20-9-7-6-8-10-20/h6-13,18H,14-15H2,1-5H3,(H,23,24)/t18-/m0/s1. The molecule has 0 fully saturated rings. The van der Waals surface area contributed by atoms with Crippen molar-refractivity contribution in [2.24, 2.45) is 0 Å². The number of hydrogen-bond donors (Lipinski definition) is 1. The van der Waals surface area contributed by atoms with Gasteiger partial charge in [-0.15, -0.1) is 0 Å². The maximum absolute atomic E-state index is 12.4. The molecule has 0 spiro atoms. The average molecular weight is 323 g/mol. The second-order valence-corrected chi connectivity index (χ2v) is 7.53. The van der Waals surface area contributed by atoms with E-state index in [0.29, 0.717) is 6.42 Å². The zero-order valence-electron chi connectivity index (χ0n) is 15.5. The molecule has 128 valence electrons. The highest BCUT2D eigenvalue weighted by atomic mass is 16.1. The van der Waals surface area contributed by atoms with E-state index >= 15 is 0 Å². The van der Waals surface area contributed by atoms with E-state index in [1.165, 1.54) is 16.7 Å². The Morgan fingerprint density at radius 2 is 1.75 bits per heavy atom. The summed E-state index contributed by atoms with van der Waals surface area (Å²) in [5.74, 6) is 0.0957. The second kappa shape index (κ2) is 7.65. The molecule has 0 saturated carbocycles. The third-order valence-electron chi connectivity index (χ3n) is 4.63. The Balaban J connectivity index is 1.94. The van der Waals surface area contributed by atoms with Crippen LogP contribution in [-0.4, -0.2) is 11.9 Å². The summed E-state index contributed by atoms with van der Waals surface area (Å²) in [6, 6.07) is 16.9. The van der Waals surface area contributed by atoms with Crippen LogP contribution in [0.2, 0.25) is 0 Å². The van der Waals surface area contributed by atoms with E-state index in [2.05, 4.69) is 82.4 Å². The van der Waals surface area contributed by atoms with Crippen LogP contribution in [0.25, 0.3) is 0 Å². The number of nitrogens with one attached hydrogen (secondary N) is 1. The van der Waals surface area contributed by atoms with Crippen molar-refractivity contribution >= 4 is 5.91 Å². The van der Waals surface area contributed by atoms with Gasteiger partial charge in [-0.25, -0.2) is 0 Å². The first-order chi connectivity index (χ1) is 11.3. The van der Waals surface area contributed by atoms with E-state index in [-0.39, 0.29) is 17.4 Å². The normalized spacial score (nSPS) is 12.7. The molecule has 0 radical (unpaired) electrons. The van der Waals surface area contributed by atoms with Gasteiger partial charge in [0.05, 0.1) is 6.42 Å². The van der Waals surface area contributed by atoms with Crippen molar-refractivity contribution < 1.29 is 4.79 Å². The molecule has 0 aliphatic rings. The summed E-state index contributed by atoms with van der Waals surface area (Å²) < 4.78 is 0. The van der Waals surface area contributed by atoms with Crippen molar-refractivity contribution in [1.29, 1.82) is 0 Å². The molecule has 24 heavy (non-hydrogen) atoms. The smallest absolute Gasteiger partial charge is 0.224 e. The predicted octanol–water partition coefficient (Wildman–Crippen LogP) is 4.72. The molecule has 0 aliphatic carbocycles. The fourth-order valence-electron chi connectivity index (χ4n) is 3.37. The van der Waals surface area contributed by atoms with E-state index in [0.717, 1.165) is 12.0 Å². The Morgan fingerprint density at radius 3 is 2.38 bits per heavy atom. The lowest BCUT2D eigenvalue weighted by Gasteiger charge is -2.29. The first kappa shape index (κ1) is 18.3. The van der Waals surface area contributed by atoms with Crippen molar-refractivity contribution in [2.75, 3.05) is 0 Å². The molecule has 0 bridgehead atoms. The molecular formula is C22H29NO. The molecule has 2 nitrogen and oxygen atoms in total. The van der Waals surface area contributed by atoms with E-state index in [1.807, 2.05) is 6.07 Å². The van der Waals surface area contributed by atoms with E-state index in [4.69, 9.17) is 0 Å². The SMILES string of the molecule is Cc1ccc(CC(=O)N[C@@H](C)CC(C)(C)c2ccccc2)c(C)c1. The van der Waals surface area contributed by atoms with E-state index < -0.39 is 0 Å². The van der Waals surface area contributed by atoms with Gasteiger partial charge in [0.1, 0.15) is 0 Å². The molecule has 0 heterocycles. The molecular weight excluding hydrogens is 294 g/mol. The maximum Gasteiger partial charge on any atom is 0.224 e. The number of benzene rings is 2. The summed E-state index contributed by atoms with van der Waals surface area (Å²) in [6.07, 6.45) is 1.36. The van der Waals surface area contributed by atoms with Gasteiger partial charge < -0.3 is 5.32 Å². The number of aryl methyl sites for hydroxylation is 2. The van der Waals surface area contributed by atoms with Gasteiger partial charge in [-0.2, -0.15) is 0 Å². The first-order valence-corrected chi connectivity index (χ1v) is 8.69. The Labute approximate surface area is 146 Å². The van der Waals surface area contributed by atoms with Crippen molar-refractivity contribution in [2.45, 2.75) is 58.9 Å². The number of amides is 1. The lowest BCUT2D eigenvalue weighted by atomic mass is 9.79. The molecule has 0 unspecified atom stereocenters. The molecule has 2 aromatic rings. The van der Waals surface area contributed by atoms with Gasteiger partial charge in [-0.3, -0.25) is 4.79 Å². The van der Waals surface area contributed by atoms with Crippen LogP contribution in [0.1, 0.15) is 49.4 Å². The largest absolute Gasteiger partial charge is 0.353 e. The fraction of sp³-hybridized carbons (Fsp3) is 0.409. The summed E-state index contributed by atoms with van der Waals surface area (Å²) in [5.41, 5.74) is 4.86. The van der Waals surface area contributed by atoms with Crippen molar-refractivity contribution in [1.82, 2.24) is 5.32 Å². The quantitative estimate of drug-likeness (QED) is 0.819. The van der Waals surface area contributed by atoms with Gasteiger partial charge in [0.15, 0.2) is 0 Å². The fourth-order valence-corrected chi connectivity index (χ4v) is 3.37. The Hall–Kier alpha value is -2.09. The molecule has 1 atom stereocenters. The topological polar surface area (TPSA) is 29.1 Å². The van der Waals surface area contributed by atoms with Crippen LogP contribution in [0.3, 0.4) is 0 Å². The molecule has 1 N–H and O–H groups in total. The van der Waals surface area contributed by atoms with Crippen molar-refractivity contribution in [3.05, 3.63) is 70.8 Å². The molecule has 2 rings (SSSR count). The van der Waals surface area contributed by atoms with Gasteiger partial charge in [-0.1, -0.05) is 67.9 Å². The van der Waals surface area contributed by atoms with Crippen LogP contribution in [-0.2, 0) is 16.6 Å². The van der Waals surface area contributed by atoms with Crippen LogP contribution in [0.4, 0.5) is 0 Å². The summed E-state index contributed by atoms with van der Waals surface area (Å²) in [4.78, 5) is 12.4. The zero-order chi connectivity index (χ0) is 17.7. The molecule has 1 amide bonds. The van der Waals surface area contributed by atoms with Gasteiger partial charge in [0, 0.05) is 6.04 Å². The molecule has 2 heteroatoms. The van der Waals surface area contributed by atoms with Gasteiger partial charge in [0.2, 0.25) is 5.91 Å². The highest BCUT2D eigenvalue weighted by Crippen LogP contribution is 2.28. The minimum Gasteiger partial charge on any atom is -0.353 e. The summed E-state index contributed by atoms with van der Waals surface area (Å²) in [5, 5.41) is 3.16. The minimum atomic E-state index is 0.0354. The summed E-state index contributed by atoms with van der Waals surface area (Å²) in [7, 11) is 0. The van der Waals surface area contributed by atoms with Gasteiger partial charge >= 0.3 is 0 Å². The number of carbonyl (C=O) groups is 1. The monoisotopic (exact) mass is 323 g/mol. The van der Waals surface area contributed by atoms with Crippen LogP contribution >= 0.6 is 0 Å². The van der Waals surface area contributed by atoms with Gasteiger partial charge in [0.25, 0.3) is 0 Å². The molecule has 0 aromatic heterocycles. The highest BCUT2D eigenvalue weighted by molar-refractivity contribution is 5.79. The zero-order valence-corrected chi connectivity index (χ0v) is 15.5. The second-order valence-electron chi connectivity index (χ2n) is 7.53. The average Bonchev–Trinajstić information content (AvgIpc) is 2.50. The third-order valence-corrected chi connectivity index (χ3v) is 4.63. The van der Waals surface area contributed by atoms with Crippen LogP contribution < -0.4 is 5.32 Å². The number of rotatable bonds is 6. The van der Waals surface area contributed by atoms with E-state index in [1.54, 1.807) is 0 Å². The minimum absolute atomic E-state index is 0.0354. The Kier molecular flexibility index (Phi) is 5.82. The van der Waals surface area contributed by atoms with Crippen molar-refractivity contribution in [3.8, 4) is 0 Å². The highest BCUT2D eigenvalue weighted by Gasteiger charge is 2.24. The lowest BCUT2D eigenvalue weighted by Crippen LogP contribution is -2.38. The Bertz CT molecular complexity index is 688. The lowest BCUT2D eigenvalue weighted by molar-refractivity contribution is -0.121. The molecule has 0 aliphatic heterocycles. The molecule has 2 aromatic carbocycles. The number of carbonyl (C=O) groups excluding carboxylic acids is 1.